The van der Waals surface area contributed by atoms with Crippen LogP contribution in [-0.4, -0.2) is 62.7 Å². The van der Waals surface area contributed by atoms with Gasteiger partial charge >= 0.3 is 0 Å². The number of benzene rings is 1. The topological polar surface area (TPSA) is 104 Å². The molecule has 0 unspecified atom stereocenters. The first-order valence-electron chi connectivity index (χ1n) is 13.9. The van der Waals surface area contributed by atoms with E-state index in [1.165, 1.54) is 17.7 Å². The lowest BCUT2D eigenvalue weighted by atomic mass is 9.96. The number of nitrogens with zero attached hydrogens (tertiary/aromatic N) is 4. The summed E-state index contributed by atoms with van der Waals surface area (Å²) in [5.74, 6) is 0.473. The van der Waals surface area contributed by atoms with Crippen molar-refractivity contribution in [2.45, 2.75) is 44.3 Å². The van der Waals surface area contributed by atoms with E-state index in [4.69, 9.17) is 9.72 Å². The van der Waals surface area contributed by atoms with E-state index in [0.717, 1.165) is 54.9 Å². The monoisotopic (exact) mass is 542 g/mol. The molecule has 40 heavy (non-hydrogen) atoms. The standard InChI is InChI=1S/C30H31FN6O3/c31-19-7-10-37-26(14-32-28(37)12-19)22-3-5-24(29-23(22)13-33-30(29)39)34-27-6-4-21(18-8-11-40-17-18)25(35-27)15-36-9-1-2-20(36)16-38/h3-7,10,12,14,18,20,38H,1-2,8-9,11,13,15-17H2,(H,33,39)(H,34,35)/t18-,20-/m1/s1. The maximum atomic E-state index is 13.7. The molecular formula is C30H31FN6O3. The number of halogens is 1. The van der Waals surface area contributed by atoms with E-state index in [-0.39, 0.29) is 24.4 Å². The number of aliphatic hydroxyl groups excluding tert-OH is 1. The minimum absolute atomic E-state index is 0.148. The Morgan fingerprint density at radius 3 is 2.98 bits per heavy atom. The zero-order valence-corrected chi connectivity index (χ0v) is 22.1. The third-order valence-corrected chi connectivity index (χ3v) is 8.42. The van der Waals surface area contributed by atoms with Gasteiger partial charge in [0.05, 0.1) is 42.0 Å². The van der Waals surface area contributed by atoms with Crippen LogP contribution in [0.5, 0.6) is 0 Å². The third kappa shape index (κ3) is 4.42. The normalized spacial score (nSPS) is 20.8. The first kappa shape index (κ1) is 25.1. The highest BCUT2D eigenvalue weighted by Gasteiger charge is 2.29. The zero-order valence-electron chi connectivity index (χ0n) is 22.1. The highest BCUT2D eigenvalue weighted by atomic mass is 19.1. The average molecular weight is 543 g/mol. The molecule has 0 bridgehead atoms. The predicted molar refractivity (Wildman–Crippen MR) is 148 cm³/mol. The highest BCUT2D eigenvalue weighted by molar-refractivity contribution is 6.06. The van der Waals surface area contributed by atoms with Crippen molar-refractivity contribution in [3.63, 3.8) is 0 Å². The van der Waals surface area contributed by atoms with Crippen molar-refractivity contribution in [2.24, 2.45) is 0 Å². The number of anilines is 2. The molecule has 9 nitrogen and oxygen atoms in total. The molecule has 7 rings (SSSR count). The van der Waals surface area contributed by atoms with E-state index < -0.39 is 0 Å². The van der Waals surface area contributed by atoms with Crippen LogP contribution < -0.4 is 10.6 Å². The number of carbonyl (C=O) groups is 1. The molecule has 3 aliphatic rings. The summed E-state index contributed by atoms with van der Waals surface area (Å²) >= 11 is 0. The van der Waals surface area contributed by atoms with E-state index in [1.807, 2.05) is 22.6 Å². The summed E-state index contributed by atoms with van der Waals surface area (Å²) in [6.45, 7) is 3.59. The van der Waals surface area contributed by atoms with Crippen LogP contribution >= 0.6 is 0 Å². The summed E-state index contributed by atoms with van der Waals surface area (Å²) < 4.78 is 21.2. The van der Waals surface area contributed by atoms with Crippen molar-refractivity contribution in [3.05, 3.63) is 77.0 Å². The minimum atomic E-state index is -0.346. The second kappa shape index (κ2) is 10.3. The highest BCUT2D eigenvalue weighted by Crippen LogP contribution is 2.36. The largest absolute Gasteiger partial charge is 0.395 e. The van der Waals surface area contributed by atoms with Crippen molar-refractivity contribution < 1.29 is 19.0 Å². The SMILES string of the molecule is O=C1NCc2c(-c3cnc4cc(F)ccn34)ccc(Nc3ccc([C@@H]4CCOC4)c(CN4CCC[C@@H]4CO)n3)c21. The maximum Gasteiger partial charge on any atom is 0.254 e. The summed E-state index contributed by atoms with van der Waals surface area (Å²) in [7, 11) is 0. The molecule has 6 heterocycles. The first-order valence-corrected chi connectivity index (χ1v) is 13.9. The van der Waals surface area contributed by atoms with Gasteiger partial charge in [-0.05, 0) is 55.1 Å². The Morgan fingerprint density at radius 1 is 1.20 bits per heavy atom. The van der Waals surface area contributed by atoms with Gasteiger partial charge in [0.15, 0.2) is 0 Å². The van der Waals surface area contributed by atoms with E-state index >= 15 is 0 Å². The molecular weight excluding hydrogens is 511 g/mol. The average Bonchev–Trinajstić information content (AvgIpc) is 3.77. The number of carbonyl (C=O) groups excluding carboxylic acids is 1. The van der Waals surface area contributed by atoms with Gasteiger partial charge in [-0.2, -0.15) is 0 Å². The van der Waals surface area contributed by atoms with Crippen LogP contribution in [0.15, 0.2) is 48.8 Å². The van der Waals surface area contributed by atoms with E-state index in [2.05, 4.69) is 26.6 Å². The molecule has 2 fully saturated rings. The third-order valence-electron chi connectivity index (χ3n) is 8.42. The Kier molecular flexibility index (Phi) is 6.45. The lowest BCUT2D eigenvalue weighted by molar-refractivity contribution is 0.0966. The quantitative estimate of drug-likeness (QED) is 0.325. The molecule has 3 aliphatic heterocycles. The molecule has 0 aliphatic carbocycles. The molecule has 2 saturated heterocycles. The van der Waals surface area contributed by atoms with Crippen molar-refractivity contribution in [3.8, 4) is 11.3 Å². The van der Waals surface area contributed by atoms with Crippen LogP contribution in [0, 0.1) is 5.82 Å². The van der Waals surface area contributed by atoms with Crippen LogP contribution in [0.25, 0.3) is 16.9 Å². The van der Waals surface area contributed by atoms with E-state index in [9.17, 15) is 14.3 Å². The van der Waals surface area contributed by atoms with Crippen molar-refractivity contribution in [1.82, 2.24) is 24.6 Å². The second-order valence-corrected chi connectivity index (χ2v) is 10.8. The molecule has 0 saturated carbocycles. The van der Waals surface area contributed by atoms with E-state index in [1.54, 1.807) is 12.4 Å². The number of ether oxygens (including phenoxy) is 1. The maximum absolute atomic E-state index is 13.7. The van der Waals surface area contributed by atoms with Crippen LogP contribution in [0.2, 0.25) is 0 Å². The Bertz CT molecular complexity index is 1600. The first-order chi connectivity index (χ1) is 19.6. The number of aromatic nitrogens is 3. The van der Waals surface area contributed by atoms with Gasteiger partial charge in [-0.25, -0.2) is 14.4 Å². The molecule has 0 radical (unpaired) electrons. The number of hydrogen-bond donors (Lipinski definition) is 3. The van der Waals surface area contributed by atoms with Gasteiger partial charge in [0.2, 0.25) is 0 Å². The van der Waals surface area contributed by atoms with Crippen LogP contribution in [0.1, 0.15) is 52.4 Å². The number of fused-ring (bicyclic) bond motifs is 2. The summed E-state index contributed by atoms with van der Waals surface area (Å²) in [6, 6.07) is 10.9. The summed E-state index contributed by atoms with van der Waals surface area (Å²) in [5, 5.41) is 16.2. The van der Waals surface area contributed by atoms with Gasteiger partial charge in [-0.3, -0.25) is 14.1 Å². The van der Waals surface area contributed by atoms with Gasteiger partial charge in [-0.1, -0.05) is 12.1 Å². The molecule has 3 aromatic heterocycles. The molecule has 10 heteroatoms. The van der Waals surface area contributed by atoms with Crippen LogP contribution in [0.4, 0.5) is 15.9 Å². The molecule has 0 spiro atoms. The zero-order chi connectivity index (χ0) is 27.2. The van der Waals surface area contributed by atoms with Gasteiger partial charge in [-0.15, -0.1) is 0 Å². The fourth-order valence-corrected chi connectivity index (χ4v) is 6.35. The number of aliphatic hydroxyl groups is 1. The molecule has 1 amide bonds. The number of pyridine rings is 2. The molecule has 3 N–H and O–H groups in total. The van der Waals surface area contributed by atoms with E-state index in [0.29, 0.717) is 48.3 Å². The second-order valence-electron chi connectivity index (χ2n) is 10.8. The Labute approximate surface area is 231 Å². The number of nitrogens with one attached hydrogen (secondary N) is 2. The van der Waals surface area contributed by atoms with Gasteiger partial charge in [0, 0.05) is 49.5 Å². The number of amides is 1. The van der Waals surface area contributed by atoms with Gasteiger partial charge < -0.3 is 20.5 Å². The van der Waals surface area contributed by atoms with Gasteiger partial charge in [0.1, 0.15) is 17.3 Å². The van der Waals surface area contributed by atoms with Crippen molar-refractivity contribution in [2.75, 3.05) is 31.7 Å². The Hall–Kier alpha value is -3.86. The fourth-order valence-electron chi connectivity index (χ4n) is 6.35. The smallest absolute Gasteiger partial charge is 0.254 e. The molecule has 4 aromatic rings. The lowest BCUT2D eigenvalue weighted by Gasteiger charge is -2.25. The fraction of sp³-hybridized carbons (Fsp3) is 0.367. The number of hydrogen-bond acceptors (Lipinski definition) is 7. The molecule has 206 valence electrons. The summed E-state index contributed by atoms with van der Waals surface area (Å²) in [5.41, 5.74) is 6.46. The summed E-state index contributed by atoms with van der Waals surface area (Å²) in [4.78, 5) is 24.7. The molecule has 1 aromatic carbocycles. The van der Waals surface area contributed by atoms with Crippen molar-refractivity contribution >= 4 is 23.1 Å². The lowest BCUT2D eigenvalue weighted by Crippen LogP contribution is -2.32. The van der Waals surface area contributed by atoms with Gasteiger partial charge in [0.25, 0.3) is 5.91 Å². The number of imidazole rings is 1. The molecule has 2 atom stereocenters. The number of likely N-dealkylation sites (tertiary alicyclic amines) is 1. The minimum Gasteiger partial charge on any atom is -0.395 e. The van der Waals surface area contributed by atoms with Crippen LogP contribution in [-0.2, 0) is 17.8 Å². The van der Waals surface area contributed by atoms with Crippen molar-refractivity contribution in [1.29, 1.82) is 0 Å². The van der Waals surface area contributed by atoms with Crippen LogP contribution in [0.3, 0.4) is 0 Å². The summed E-state index contributed by atoms with van der Waals surface area (Å²) in [6.07, 6.45) is 6.39. The Balaban J connectivity index is 1.24. The predicted octanol–water partition coefficient (Wildman–Crippen LogP) is 3.98. The Morgan fingerprint density at radius 2 is 2.12 bits per heavy atom. The number of rotatable bonds is 7.